The highest BCUT2D eigenvalue weighted by atomic mass is 79.9. The molecule has 0 aliphatic heterocycles. The molecule has 0 spiro atoms. The van der Waals surface area contributed by atoms with Crippen LogP contribution < -0.4 is 0 Å². The Morgan fingerprint density at radius 3 is 1.61 bits per heavy atom. The van der Waals surface area contributed by atoms with E-state index < -0.39 is 34.6 Å². The SMILES string of the molecule is Fc1c(F)c(F)c(-c2cc(Br)sc2Br)c(F)c1F. The molecule has 0 nitrogen and oxygen atoms in total. The highest BCUT2D eigenvalue weighted by molar-refractivity contribution is 9.12. The van der Waals surface area contributed by atoms with E-state index >= 15 is 0 Å². The molecule has 1 heterocycles. The van der Waals surface area contributed by atoms with Gasteiger partial charge in [0, 0.05) is 5.56 Å². The van der Waals surface area contributed by atoms with E-state index in [0.29, 0.717) is 3.79 Å². The molecule has 8 heteroatoms. The fourth-order valence-corrected chi connectivity index (χ4v) is 4.17. The molecule has 0 atom stereocenters. The van der Waals surface area contributed by atoms with Gasteiger partial charge in [-0.05, 0) is 37.9 Å². The van der Waals surface area contributed by atoms with Crippen LogP contribution in [-0.2, 0) is 0 Å². The second kappa shape index (κ2) is 4.90. The molecule has 0 aliphatic rings. The molecule has 0 fully saturated rings. The van der Waals surface area contributed by atoms with Gasteiger partial charge in [-0.1, -0.05) is 0 Å². The lowest BCUT2D eigenvalue weighted by Crippen LogP contribution is -2.03. The van der Waals surface area contributed by atoms with E-state index in [1.165, 1.54) is 6.07 Å². The molecule has 18 heavy (non-hydrogen) atoms. The van der Waals surface area contributed by atoms with Crippen molar-refractivity contribution in [2.45, 2.75) is 0 Å². The van der Waals surface area contributed by atoms with E-state index in [4.69, 9.17) is 0 Å². The molecule has 0 bridgehead atoms. The summed E-state index contributed by atoms with van der Waals surface area (Å²) >= 11 is 7.13. The number of halogens is 7. The normalized spacial score (nSPS) is 11.1. The van der Waals surface area contributed by atoms with Gasteiger partial charge < -0.3 is 0 Å². The summed E-state index contributed by atoms with van der Waals surface area (Å²) in [6, 6.07) is 1.27. The van der Waals surface area contributed by atoms with E-state index in [1.807, 2.05) is 0 Å². The van der Waals surface area contributed by atoms with Crippen LogP contribution >= 0.6 is 43.2 Å². The predicted octanol–water partition coefficient (Wildman–Crippen LogP) is 5.64. The van der Waals surface area contributed by atoms with Gasteiger partial charge in [-0.15, -0.1) is 11.3 Å². The van der Waals surface area contributed by atoms with Crippen LogP contribution in [0.4, 0.5) is 22.0 Å². The Morgan fingerprint density at radius 1 is 0.778 bits per heavy atom. The first-order valence-corrected chi connectivity index (χ1v) is 6.71. The molecular weight excluding hydrogens is 407 g/mol. The van der Waals surface area contributed by atoms with Gasteiger partial charge in [-0.3, -0.25) is 0 Å². The van der Waals surface area contributed by atoms with Crippen molar-refractivity contribution >= 4 is 43.2 Å². The average molecular weight is 408 g/mol. The third-order valence-electron chi connectivity index (χ3n) is 2.14. The Bertz CT molecular complexity index is 609. The van der Waals surface area contributed by atoms with Crippen molar-refractivity contribution in [3.8, 4) is 11.1 Å². The lowest BCUT2D eigenvalue weighted by atomic mass is 10.1. The number of hydrogen-bond acceptors (Lipinski definition) is 1. The van der Waals surface area contributed by atoms with Crippen LogP contribution in [0.15, 0.2) is 13.6 Å². The summed E-state index contributed by atoms with van der Waals surface area (Å²) < 4.78 is 66.8. The third kappa shape index (κ3) is 2.10. The molecule has 0 unspecified atom stereocenters. The molecule has 2 rings (SSSR count). The maximum Gasteiger partial charge on any atom is 0.200 e. The number of thiophene rings is 1. The molecule has 0 saturated heterocycles. The maximum atomic E-state index is 13.5. The Morgan fingerprint density at radius 2 is 1.22 bits per heavy atom. The summed E-state index contributed by atoms with van der Waals surface area (Å²) in [4.78, 5) is 0. The van der Waals surface area contributed by atoms with Crippen molar-refractivity contribution in [2.75, 3.05) is 0 Å². The van der Waals surface area contributed by atoms with E-state index in [1.54, 1.807) is 0 Å². The molecule has 96 valence electrons. The van der Waals surface area contributed by atoms with Crippen molar-refractivity contribution in [3.05, 3.63) is 42.7 Å². The topological polar surface area (TPSA) is 0 Å². The lowest BCUT2D eigenvalue weighted by molar-refractivity contribution is 0.381. The largest absolute Gasteiger partial charge is 0.203 e. The van der Waals surface area contributed by atoms with Crippen LogP contribution in [0.3, 0.4) is 0 Å². The monoisotopic (exact) mass is 406 g/mol. The van der Waals surface area contributed by atoms with Crippen molar-refractivity contribution in [1.29, 1.82) is 0 Å². The van der Waals surface area contributed by atoms with Crippen molar-refractivity contribution in [1.82, 2.24) is 0 Å². The quantitative estimate of drug-likeness (QED) is 0.326. The van der Waals surface area contributed by atoms with Gasteiger partial charge in [-0.25, -0.2) is 22.0 Å². The van der Waals surface area contributed by atoms with Crippen LogP contribution in [0.5, 0.6) is 0 Å². The Labute approximate surface area is 119 Å². The van der Waals surface area contributed by atoms with Crippen molar-refractivity contribution in [3.63, 3.8) is 0 Å². The number of benzene rings is 1. The van der Waals surface area contributed by atoms with Crippen molar-refractivity contribution < 1.29 is 22.0 Å². The standard InChI is InChI=1S/C10HBr2F5S/c11-3-1-2(10(12)18-3)4-5(13)7(15)9(17)8(16)6(4)14/h1H. The molecule has 1 aromatic heterocycles. The second-order valence-corrected chi connectivity index (χ2v) is 6.93. The minimum atomic E-state index is -2.17. The third-order valence-corrected chi connectivity index (χ3v) is 4.48. The van der Waals surface area contributed by atoms with Gasteiger partial charge in [0.25, 0.3) is 0 Å². The zero-order valence-electron chi connectivity index (χ0n) is 8.13. The van der Waals surface area contributed by atoms with Crippen LogP contribution in [-0.4, -0.2) is 0 Å². The average Bonchev–Trinajstić information content (AvgIpc) is 2.64. The van der Waals surface area contributed by atoms with Gasteiger partial charge >= 0.3 is 0 Å². The van der Waals surface area contributed by atoms with Crippen LogP contribution in [0, 0.1) is 29.1 Å². The van der Waals surface area contributed by atoms with E-state index in [2.05, 4.69) is 31.9 Å². The Kier molecular flexibility index (Phi) is 3.80. The van der Waals surface area contributed by atoms with E-state index in [0.717, 1.165) is 11.3 Å². The zero-order chi connectivity index (χ0) is 13.6. The molecule has 0 radical (unpaired) electrons. The zero-order valence-corrected chi connectivity index (χ0v) is 12.1. The van der Waals surface area contributed by atoms with Gasteiger partial charge in [0.15, 0.2) is 23.3 Å². The smallest absolute Gasteiger partial charge is 0.200 e. The van der Waals surface area contributed by atoms with E-state index in [-0.39, 0.29) is 9.35 Å². The fourth-order valence-electron chi connectivity index (χ4n) is 1.35. The minimum absolute atomic E-state index is 0.0975. The first-order chi connectivity index (χ1) is 8.34. The first kappa shape index (κ1) is 14.0. The van der Waals surface area contributed by atoms with Crippen LogP contribution in [0.2, 0.25) is 0 Å². The van der Waals surface area contributed by atoms with Gasteiger partial charge in [0.05, 0.1) is 13.1 Å². The molecule has 1 aromatic carbocycles. The summed E-state index contributed by atoms with van der Waals surface area (Å²) in [6.45, 7) is 0. The first-order valence-electron chi connectivity index (χ1n) is 4.31. The number of rotatable bonds is 1. The summed E-state index contributed by atoms with van der Waals surface area (Å²) in [5, 5.41) is 0. The molecular formula is C10HBr2F5S. The van der Waals surface area contributed by atoms with Crippen molar-refractivity contribution in [2.24, 2.45) is 0 Å². The van der Waals surface area contributed by atoms with Gasteiger partial charge in [0.1, 0.15) is 0 Å². The summed E-state index contributed by atoms with van der Waals surface area (Å²) in [5.74, 6) is -9.79. The summed E-state index contributed by atoms with van der Waals surface area (Å²) in [5.41, 5.74) is -1.04. The Balaban J connectivity index is 2.84. The second-order valence-electron chi connectivity index (χ2n) is 3.18. The summed E-state index contributed by atoms with van der Waals surface area (Å²) in [7, 11) is 0. The number of hydrogen-bond donors (Lipinski definition) is 0. The Hall–Kier alpha value is -0.470. The molecule has 0 N–H and O–H groups in total. The molecule has 0 saturated carbocycles. The maximum absolute atomic E-state index is 13.5. The molecule has 0 amide bonds. The lowest BCUT2D eigenvalue weighted by Gasteiger charge is -2.07. The predicted molar refractivity (Wildman–Crippen MR) is 64.9 cm³/mol. The van der Waals surface area contributed by atoms with Crippen LogP contribution in [0.1, 0.15) is 0 Å². The minimum Gasteiger partial charge on any atom is -0.203 e. The summed E-state index contributed by atoms with van der Waals surface area (Å²) in [6.07, 6.45) is 0. The highest BCUT2D eigenvalue weighted by Gasteiger charge is 2.28. The van der Waals surface area contributed by atoms with E-state index in [9.17, 15) is 22.0 Å². The van der Waals surface area contributed by atoms with Gasteiger partial charge in [0.2, 0.25) is 5.82 Å². The van der Waals surface area contributed by atoms with Crippen LogP contribution in [0.25, 0.3) is 11.1 Å². The fraction of sp³-hybridized carbons (Fsp3) is 0. The van der Waals surface area contributed by atoms with Gasteiger partial charge in [-0.2, -0.15) is 0 Å². The molecule has 2 aromatic rings. The highest BCUT2D eigenvalue weighted by Crippen LogP contribution is 2.41. The molecule has 0 aliphatic carbocycles.